The zero-order valence-electron chi connectivity index (χ0n) is 18.5. The molecule has 186 valence electrons. The summed E-state index contributed by atoms with van der Waals surface area (Å²) in [5, 5.41) is 6.19. The first-order valence-electron chi connectivity index (χ1n) is 9.99. The highest BCUT2D eigenvalue weighted by molar-refractivity contribution is 6.31. The quantitative estimate of drug-likeness (QED) is 0.306. The Labute approximate surface area is 204 Å². The van der Waals surface area contributed by atoms with Crippen molar-refractivity contribution in [2.75, 3.05) is 12.4 Å². The molecule has 4 aromatic rings. The molecule has 0 amide bonds. The largest absolute Gasteiger partial charge is 0.465 e. The summed E-state index contributed by atoms with van der Waals surface area (Å²) >= 11 is 5.80. The number of methoxy groups -OCH3 is 1. The van der Waals surface area contributed by atoms with Gasteiger partial charge in [-0.2, -0.15) is 23.3 Å². The van der Waals surface area contributed by atoms with E-state index < -0.39 is 29.2 Å². The summed E-state index contributed by atoms with van der Waals surface area (Å²) in [5.41, 5.74) is -1.42. The van der Waals surface area contributed by atoms with Gasteiger partial charge in [0.2, 0.25) is 5.95 Å². The second-order valence-corrected chi connectivity index (χ2v) is 7.79. The van der Waals surface area contributed by atoms with Crippen molar-refractivity contribution in [2.45, 2.75) is 6.18 Å². The fraction of sp³-hybridized carbons (Fsp3) is 0.136. The van der Waals surface area contributed by atoms with Crippen LogP contribution in [0.2, 0.25) is 5.02 Å². The predicted molar refractivity (Wildman–Crippen MR) is 121 cm³/mol. The molecule has 0 aliphatic heterocycles. The van der Waals surface area contributed by atoms with Crippen molar-refractivity contribution in [1.82, 2.24) is 24.3 Å². The van der Waals surface area contributed by atoms with Crippen molar-refractivity contribution in [3.8, 4) is 16.9 Å². The van der Waals surface area contributed by atoms with Gasteiger partial charge in [0.15, 0.2) is 11.5 Å². The Balaban J connectivity index is 1.88. The zero-order valence-corrected chi connectivity index (χ0v) is 19.2. The molecule has 0 aliphatic rings. The van der Waals surface area contributed by atoms with Crippen molar-refractivity contribution in [3.05, 3.63) is 81.4 Å². The Morgan fingerprint density at radius 3 is 2.58 bits per heavy atom. The van der Waals surface area contributed by atoms with Crippen LogP contribution in [0.4, 0.5) is 29.2 Å². The summed E-state index contributed by atoms with van der Waals surface area (Å²) in [4.78, 5) is 32.9. The molecular formula is C22H15ClF4N6O3. The van der Waals surface area contributed by atoms with Crippen LogP contribution in [0.25, 0.3) is 16.9 Å². The lowest BCUT2D eigenvalue weighted by Gasteiger charge is -2.13. The summed E-state index contributed by atoms with van der Waals surface area (Å²) < 4.78 is 59.7. The van der Waals surface area contributed by atoms with E-state index in [9.17, 15) is 27.2 Å². The fourth-order valence-corrected chi connectivity index (χ4v) is 3.40. The van der Waals surface area contributed by atoms with Gasteiger partial charge >= 0.3 is 12.1 Å². The van der Waals surface area contributed by atoms with Gasteiger partial charge in [-0.3, -0.25) is 4.79 Å². The molecule has 0 radical (unpaired) electrons. The lowest BCUT2D eigenvalue weighted by molar-refractivity contribution is -0.141. The van der Waals surface area contributed by atoms with Crippen LogP contribution in [0.15, 0.2) is 53.7 Å². The number of hydrogen-bond donors (Lipinski definition) is 1. The third-order valence-corrected chi connectivity index (χ3v) is 5.23. The minimum Gasteiger partial charge on any atom is -0.465 e. The molecule has 0 fully saturated rings. The molecule has 3 aromatic heterocycles. The van der Waals surface area contributed by atoms with E-state index in [-0.39, 0.29) is 33.5 Å². The van der Waals surface area contributed by atoms with Crippen LogP contribution < -0.4 is 10.9 Å². The molecule has 0 aliphatic carbocycles. The number of carbonyl (C=O) groups excluding carboxylic acids is 1. The molecule has 1 aromatic carbocycles. The van der Waals surface area contributed by atoms with Gasteiger partial charge in [-0.15, -0.1) is 0 Å². The number of hydrogen-bond acceptors (Lipinski definition) is 7. The zero-order chi connectivity index (χ0) is 26.2. The average molecular weight is 523 g/mol. The number of benzene rings is 1. The number of esters is 1. The smallest absolute Gasteiger partial charge is 0.435 e. The van der Waals surface area contributed by atoms with E-state index in [1.54, 1.807) is 0 Å². The Hall–Kier alpha value is -4.26. The summed E-state index contributed by atoms with van der Waals surface area (Å²) in [7, 11) is 2.50. The Bertz CT molecular complexity index is 1530. The summed E-state index contributed by atoms with van der Waals surface area (Å²) in [5.74, 6) is -1.72. The summed E-state index contributed by atoms with van der Waals surface area (Å²) in [6.45, 7) is 0. The minimum atomic E-state index is -4.71. The standard InChI is InChI=1S/C22H15ClF4N6O3/c1-32-10-11(7-13(19(32)34)20(35)36-2)14-9-28-21(29-12-3-4-16(24)15(23)8-12)30-18(14)33-6-5-17(31-33)22(25,26)27/h3-10H,1-2H3,(H,28,29,30). The molecule has 9 nitrogen and oxygen atoms in total. The first kappa shape index (κ1) is 24.9. The number of nitrogens with one attached hydrogen (secondary N) is 1. The Morgan fingerprint density at radius 1 is 1.19 bits per heavy atom. The van der Waals surface area contributed by atoms with Gasteiger partial charge in [-0.1, -0.05) is 11.6 Å². The normalized spacial score (nSPS) is 11.4. The van der Waals surface area contributed by atoms with Crippen molar-refractivity contribution in [2.24, 2.45) is 7.05 Å². The van der Waals surface area contributed by atoms with Gasteiger partial charge in [-0.05, 0) is 30.3 Å². The highest BCUT2D eigenvalue weighted by Crippen LogP contribution is 2.31. The van der Waals surface area contributed by atoms with Crippen LogP contribution in [0, 0.1) is 5.82 Å². The van der Waals surface area contributed by atoms with Gasteiger partial charge < -0.3 is 14.6 Å². The molecule has 1 N–H and O–H groups in total. The molecule has 0 bridgehead atoms. The molecule has 0 saturated carbocycles. The first-order valence-corrected chi connectivity index (χ1v) is 10.4. The number of nitrogens with zero attached hydrogens (tertiary/aromatic N) is 5. The molecular weight excluding hydrogens is 508 g/mol. The third kappa shape index (κ3) is 4.91. The highest BCUT2D eigenvalue weighted by Gasteiger charge is 2.34. The number of anilines is 2. The van der Waals surface area contributed by atoms with Gasteiger partial charge in [0.05, 0.1) is 12.1 Å². The number of aromatic nitrogens is 5. The van der Waals surface area contributed by atoms with E-state index in [1.165, 1.54) is 37.6 Å². The lowest BCUT2D eigenvalue weighted by atomic mass is 10.1. The number of carbonyl (C=O) groups is 1. The molecule has 36 heavy (non-hydrogen) atoms. The summed E-state index contributed by atoms with van der Waals surface area (Å²) in [6, 6.07) is 5.74. The highest BCUT2D eigenvalue weighted by atomic mass is 35.5. The predicted octanol–water partition coefficient (Wildman–Crippen LogP) is 4.37. The molecule has 0 spiro atoms. The maximum atomic E-state index is 13.5. The van der Waals surface area contributed by atoms with Crippen LogP contribution in [-0.4, -0.2) is 37.4 Å². The van der Waals surface area contributed by atoms with Gasteiger partial charge in [-0.25, -0.2) is 18.9 Å². The van der Waals surface area contributed by atoms with Crippen LogP contribution in [-0.2, 0) is 18.0 Å². The number of alkyl halides is 3. The third-order valence-electron chi connectivity index (χ3n) is 4.94. The van der Waals surface area contributed by atoms with E-state index in [0.29, 0.717) is 5.69 Å². The maximum absolute atomic E-state index is 13.5. The number of pyridine rings is 1. The minimum absolute atomic E-state index is 0.0708. The van der Waals surface area contributed by atoms with Gasteiger partial charge in [0.25, 0.3) is 5.56 Å². The van der Waals surface area contributed by atoms with E-state index >= 15 is 0 Å². The van der Waals surface area contributed by atoms with Crippen molar-refractivity contribution in [3.63, 3.8) is 0 Å². The Morgan fingerprint density at radius 2 is 1.94 bits per heavy atom. The average Bonchev–Trinajstić information content (AvgIpc) is 3.34. The SMILES string of the molecule is COC(=O)c1cc(-c2cnc(Nc3ccc(F)c(Cl)c3)nc2-n2ccc(C(F)(F)F)n2)cn(C)c1=O. The maximum Gasteiger partial charge on any atom is 0.435 e. The fourth-order valence-electron chi connectivity index (χ4n) is 3.22. The summed E-state index contributed by atoms with van der Waals surface area (Å²) in [6.07, 6.45) is -1.03. The van der Waals surface area contributed by atoms with Gasteiger partial charge in [0, 0.05) is 42.5 Å². The number of ether oxygens (including phenoxy) is 1. The van der Waals surface area contributed by atoms with Crippen LogP contribution >= 0.6 is 11.6 Å². The monoisotopic (exact) mass is 522 g/mol. The molecule has 0 unspecified atom stereocenters. The molecule has 0 atom stereocenters. The van der Waals surface area contributed by atoms with Crippen molar-refractivity contribution in [1.29, 1.82) is 0 Å². The molecule has 14 heteroatoms. The van der Waals surface area contributed by atoms with E-state index in [0.717, 1.165) is 34.7 Å². The molecule has 4 rings (SSSR count). The molecule has 3 heterocycles. The van der Waals surface area contributed by atoms with E-state index in [4.69, 9.17) is 11.6 Å². The van der Waals surface area contributed by atoms with Gasteiger partial charge in [0.1, 0.15) is 11.4 Å². The topological polar surface area (TPSA) is 104 Å². The first-order chi connectivity index (χ1) is 17.0. The van der Waals surface area contributed by atoms with Crippen LogP contribution in [0.3, 0.4) is 0 Å². The number of halogens is 5. The Kier molecular flexibility index (Phi) is 6.50. The number of rotatable bonds is 5. The lowest BCUT2D eigenvalue weighted by Crippen LogP contribution is -2.25. The van der Waals surface area contributed by atoms with E-state index in [2.05, 4.69) is 25.1 Å². The van der Waals surface area contributed by atoms with Crippen molar-refractivity contribution < 1.29 is 27.1 Å². The molecule has 0 saturated heterocycles. The van der Waals surface area contributed by atoms with E-state index in [1.807, 2.05) is 0 Å². The second-order valence-electron chi connectivity index (χ2n) is 7.38. The van der Waals surface area contributed by atoms with Crippen molar-refractivity contribution >= 4 is 29.2 Å². The van der Waals surface area contributed by atoms with Crippen LogP contribution in [0.5, 0.6) is 0 Å². The number of aryl methyl sites for hydroxylation is 1. The van der Waals surface area contributed by atoms with Crippen LogP contribution in [0.1, 0.15) is 16.1 Å². The second kappa shape index (κ2) is 9.41.